The quantitative estimate of drug-likeness (QED) is 0.606. The summed E-state index contributed by atoms with van der Waals surface area (Å²) in [4.78, 5) is 19.3. The van der Waals surface area contributed by atoms with Gasteiger partial charge in [0.05, 0.1) is 5.69 Å². The fourth-order valence-corrected chi connectivity index (χ4v) is 3.82. The highest BCUT2D eigenvalue weighted by Gasteiger charge is 2.20. The first-order chi connectivity index (χ1) is 13.3. The van der Waals surface area contributed by atoms with Crippen molar-refractivity contribution in [3.05, 3.63) is 77.5 Å². The Morgan fingerprint density at radius 1 is 1.15 bits per heavy atom. The largest absolute Gasteiger partial charge is 0.361 e. The van der Waals surface area contributed by atoms with E-state index >= 15 is 0 Å². The molecular formula is C22H21N5. The molecule has 1 aliphatic rings. The van der Waals surface area contributed by atoms with Crippen molar-refractivity contribution in [2.75, 3.05) is 6.54 Å². The number of aromatic amines is 1. The van der Waals surface area contributed by atoms with Crippen molar-refractivity contribution >= 4 is 10.9 Å². The smallest absolute Gasteiger partial charge is 0.159 e. The van der Waals surface area contributed by atoms with Crippen LogP contribution >= 0.6 is 0 Å². The monoisotopic (exact) mass is 355 g/mol. The topological polar surface area (TPSA) is 57.7 Å². The standard InChI is InChI=1S/C22H21N5/c1-15-2-3-19-17(11-24-21(19)10-15)13-27-9-6-20-18(14-27)12-25-22(26-20)16-4-7-23-8-5-16/h2-5,7-8,10-12,24H,6,9,13-14H2,1H3. The first-order valence-corrected chi connectivity index (χ1v) is 9.30. The summed E-state index contributed by atoms with van der Waals surface area (Å²) in [6.07, 6.45) is 8.65. The van der Waals surface area contributed by atoms with Gasteiger partial charge < -0.3 is 4.98 Å². The molecule has 0 bridgehead atoms. The highest BCUT2D eigenvalue weighted by Crippen LogP contribution is 2.25. The number of rotatable bonds is 3. The Hall–Kier alpha value is -3.05. The molecule has 134 valence electrons. The molecule has 0 spiro atoms. The van der Waals surface area contributed by atoms with Gasteiger partial charge >= 0.3 is 0 Å². The molecule has 1 aliphatic heterocycles. The third-order valence-electron chi connectivity index (χ3n) is 5.27. The Labute approximate surface area is 158 Å². The van der Waals surface area contributed by atoms with Gasteiger partial charge in [-0.15, -0.1) is 0 Å². The third-order valence-corrected chi connectivity index (χ3v) is 5.27. The second-order valence-corrected chi connectivity index (χ2v) is 7.23. The third kappa shape index (κ3) is 3.11. The fraction of sp³-hybridized carbons (Fsp3) is 0.227. The van der Waals surface area contributed by atoms with Crippen molar-refractivity contribution in [3.63, 3.8) is 0 Å². The van der Waals surface area contributed by atoms with E-state index in [1.165, 1.54) is 33.3 Å². The number of nitrogens with zero attached hydrogens (tertiary/aromatic N) is 4. The Morgan fingerprint density at radius 3 is 2.93 bits per heavy atom. The van der Waals surface area contributed by atoms with E-state index in [-0.39, 0.29) is 0 Å². The second kappa shape index (κ2) is 6.59. The number of nitrogens with one attached hydrogen (secondary N) is 1. The molecule has 0 atom stereocenters. The van der Waals surface area contributed by atoms with Gasteiger partial charge in [0, 0.05) is 72.9 Å². The van der Waals surface area contributed by atoms with Crippen molar-refractivity contribution in [3.8, 4) is 11.4 Å². The van der Waals surface area contributed by atoms with Crippen LogP contribution in [0.1, 0.15) is 22.4 Å². The lowest BCUT2D eigenvalue weighted by atomic mass is 10.1. The van der Waals surface area contributed by atoms with E-state index in [0.717, 1.165) is 37.4 Å². The molecule has 5 nitrogen and oxygen atoms in total. The van der Waals surface area contributed by atoms with E-state index in [0.29, 0.717) is 0 Å². The number of H-pyrrole nitrogens is 1. The van der Waals surface area contributed by atoms with Gasteiger partial charge in [0.15, 0.2) is 5.82 Å². The Balaban J connectivity index is 1.36. The van der Waals surface area contributed by atoms with Gasteiger partial charge in [0.2, 0.25) is 0 Å². The van der Waals surface area contributed by atoms with Crippen LogP contribution in [0.2, 0.25) is 0 Å². The molecule has 0 saturated heterocycles. The van der Waals surface area contributed by atoms with Gasteiger partial charge in [-0.2, -0.15) is 0 Å². The highest BCUT2D eigenvalue weighted by atomic mass is 15.1. The summed E-state index contributed by atoms with van der Waals surface area (Å²) in [5.74, 6) is 0.789. The molecule has 1 N–H and O–H groups in total. The van der Waals surface area contributed by atoms with Crippen LogP contribution < -0.4 is 0 Å². The SMILES string of the molecule is Cc1ccc2c(CN3CCc4nc(-c5ccncc5)ncc4C3)c[nH]c2c1. The fourth-order valence-electron chi connectivity index (χ4n) is 3.82. The van der Waals surface area contributed by atoms with Gasteiger partial charge in [-0.05, 0) is 36.2 Å². The maximum atomic E-state index is 4.80. The van der Waals surface area contributed by atoms with E-state index < -0.39 is 0 Å². The zero-order valence-corrected chi connectivity index (χ0v) is 15.3. The van der Waals surface area contributed by atoms with E-state index in [1.54, 1.807) is 12.4 Å². The zero-order valence-electron chi connectivity index (χ0n) is 15.3. The summed E-state index contributed by atoms with van der Waals surface area (Å²) in [5, 5.41) is 1.32. The lowest BCUT2D eigenvalue weighted by Gasteiger charge is -2.27. The highest BCUT2D eigenvalue weighted by molar-refractivity contribution is 5.83. The lowest BCUT2D eigenvalue weighted by molar-refractivity contribution is 0.244. The summed E-state index contributed by atoms with van der Waals surface area (Å²) in [6, 6.07) is 10.5. The van der Waals surface area contributed by atoms with Crippen LogP contribution in [0.15, 0.2) is 55.1 Å². The van der Waals surface area contributed by atoms with Crippen LogP contribution in [-0.2, 0) is 19.5 Å². The molecule has 0 unspecified atom stereocenters. The average molecular weight is 355 g/mol. The molecule has 0 fully saturated rings. The van der Waals surface area contributed by atoms with Crippen molar-refractivity contribution in [2.24, 2.45) is 0 Å². The van der Waals surface area contributed by atoms with Crippen LogP contribution in [0.25, 0.3) is 22.3 Å². The van der Waals surface area contributed by atoms with Crippen LogP contribution in [0.4, 0.5) is 0 Å². The lowest BCUT2D eigenvalue weighted by Crippen LogP contribution is -2.30. The summed E-state index contributed by atoms with van der Waals surface area (Å²) in [7, 11) is 0. The van der Waals surface area contributed by atoms with Gasteiger partial charge in [-0.25, -0.2) is 9.97 Å². The molecule has 0 radical (unpaired) electrons. The maximum absolute atomic E-state index is 4.80. The van der Waals surface area contributed by atoms with Crippen LogP contribution in [0.5, 0.6) is 0 Å². The number of aromatic nitrogens is 4. The summed E-state index contributed by atoms with van der Waals surface area (Å²) in [5.41, 5.74) is 7.27. The minimum atomic E-state index is 0.789. The molecule has 5 heteroatoms. The van der Waals surface area contributed by atoms with Crippen molar-refractivity contribution < 1.29 is 0 Å². The Bertz CT molecular complexity index is 1100. The second-order valence-electron chi connectivity index (χ2n) is 7.23. The van der Waals surface area contributed by atoms with Crippen molar-refractivity contribution in [1.29, 1.82) is 0 Å². The summed E-state index contributed by atoms with van der Waals surface area (Å²) < 4.78 is 0. The number of hydrogen-bond acceptors (Lipinski definition) is 4. The molecule has 1 aromatic carbocycles. The molecule has 0 aliphatic carbocycles. The number of fused-ring (bicyclic) bond motifs is 2. The number of aryl methyl sites for hydroxylation is 1. The van der Waals surface area contributed by atoms with E-state index in [1.807, 2.05) is 18.3 Å². The Kier molecular flexibility index (Phi) is 3.94. The Morgan fingerprint density at radius 2 is 2.04 bits per heavy atom. The van der Waals surface area contributed by atoms with E-state index in [9.17, 15) is 0 Å². The van der Waals surface area contributed by atoms with Crippen molar-refractivity contribution in [1.82, 2.24) is 24.8 Å². The minimum Gasteiger partial charge on any atom is -0.361 e. The average Bonchev–Trinajstić information content (AvgIpc) is 3.10. The first kappa shape index (κ1) is 16.1. The molecule has 27 heavy (non-hydrogen) atoms. The van der Waals surface area contributed by atoms with E-state index in [4.69, 9.17) is 4.98 Å². The number of pyridine rings is 1. The molecule has 4 aromatic rings. The molecule has 0 saturated carbocycles. The van der Waals surface area contributed by atoms with Crippen LogP contribution in [-0.4, -0.2) is 31.4 Å². The van der Waals surface area contributed by atoms with Gasteiger partial charge in [0.25, 0.3) is 0 Å². The van der Waals surface area contributed by atoms with Crippen molar-refractivity contribution in [2.45, 2.75) is 26.4 Å². The normalized spacial score (nSPS) is 14.4. The van der Waals surface area contributed by atoms with Crippen LogP contribution in [0.3, 0.4) is 0 Å². The molecule has 0 amide bonds. The summed E-state index contributed by atoms with van der Waals surface area (Å²) in [6.45, 7) is 4.97. The van der Waals surface area contributed by atoms with Gasteiger partial charge in [0.1, 0.15) is 0 Å². The minimum absolute atomic E-state index is 0.789. The zero-order chi connectivity index (χ0) is 18.2. The molecular weight excluding hydrogens is 334 g/mol. The molecule has 5 rings (SSSR count). The molecule has 3 aromatic heterocycles. The number of benzene rings is 1. The maximum Gasteiger partial charge on any atom is 0.159 e. The van der Waals surface area contributed by atoms with Gasteiger partial charge in [-0.1, -0.05) is 12.1 Å². The molecule has 4 heterocycles. The van der Waals surface area contributed by atoms with E-state index in [2.05, 4.69) is 51.2 Å². The van der Waals surface area contributed by atoms with Crippen LogP contribution in [0, 0.1) is 6.92 Å². The van der Waals surface area contributed by atoms with Gasteiger partial charge in [-0.3, -0.25) is 9.88 Å². The predicted molar refractivity (Wildman–Crippen MR) is 106 cm³/mol. The number of hydrogen-bond donors (Lipinski definition) is 1. The summed E-state index contributed by atoms with van der Waals surface area (Å²) >= 11 is 0. The predicted octanol–water partition coefficient (Wildman–Crippen LogP) is 3.89. The first-order valence-electron chi connectivity index (χ1n) is 9.30.